The van der Waals surface area contributed by atoms with Crippen LogP contribution in [0.2, 0.25) is 0 Å². The molecule has 2 aromatic rings. The third-order valence-corrected chi connectivity index (χ3v) is 3.43. The molecule has 2 heterocycles. The van der Waals surface area contributed by atoms with Crippen molar-refractivity contribution in [3.63, 3.8) is 0 Å². The van der Waals surface area contributed by atoms with Crippen LogP contribution in [0.25, 0.3) is 5.65 Å². The van der Waals surface area contributed by atoms with Crippen molar-refractivity contribution in [2.75, 3.05) is 0 Å². The number of nitrogens with zero attached hydrogens (tertiary/aromatic N) is 2. The number of carbonyl (C=O) groups excluding carboxylic acids is 1. The number of nitrogens with one attached hydrogen (secondary N) is 1. The van der Waals surface area contributed by atoms with E-state index >= 15 is 0 Å². The van der Waals surface area contributed by atoms with Crippen LogP contribution in [0.5, 0.6) is 0 Å². The number of hydrogen-bond donors (Lipinski definition) is 2. The molecule has 112 valence electrons. The first-order valence-electron chi connectivity index (χ1n) is 6.80. The van der Waals surface area contributed by atoms with Gasteiger partial charge in [0.2, 0.25) is 0 Å². The standard InChI is InChI=1S/C15H19N3O3/c1-5-10-11(13(19)17-15(3,4)14(20)21)18-8-6-7-9(2)12(18)16-10/h6-8H,5H2,1-4H3,(H,17,19)(H,20,21). The Balaban J connectivity index is 2.53. The largest absolute Gasteiger partial charge is 0.480 e. The number of carboxylic acids is 1. The summed E-state index contributed by atoms with van der Waals surface area (Å²) in [6, 6.07) is 3.76. The molecule has 1 amide bonds. The number of carboxylic acid groups (broad SMARTS) is 1. The number of aromatic nitrogens is 2. The molecule has 0 spiro atoms. The molecule has 0 aliphatic heterocycles. The Morgan fingerprint density at radius 2 is 2.10 bits per heavy atom. The van der Waals surface area contributed by atoms with E-state index < -0.39 is 17.4 Å². The average molecular weight is 289 g/mol. The highest BCUT2D eigenvalue weighted by Crippen LogP contribution is 2.17. The molecule has 0 saturated carbocycles. The summed E-state index contributed by atoms with van der Waals surface area (Å²) in [7, 11) is 0. The zero-order valence-corrected chi connectivity index (χ0v) is 12.6. The Labute approximate surface area is 122 Å². The second-order valence-corrected chi connectivity index (χ2v) is 5.53. The van der Waals surface area contributed by atoms with Crippen molar-refractivity contribution in [2.24, 2.45) is 0 Å². The second kappa shape index (κ2) is 5.20. The van der Waals surface area contributed by atoms with Crippen LogP contribution in [-0.4, -0.2) is 31.9 Å². The molecule has 2 N–H and O–H groups in total. The summed E-state index contributed by atoms with van der Waals surface area (Å²) in [4.78, 5) is 28.1. The van der Waals surface area contributed by atoms with Gasteiger partial charge in [0.1, 0.15) is 16.9 Å². The summed E-state index contributed by atoms with van der Waals surface area (Å²) in [5.74, 6) is -1.52. The molecule has 2 aromatic heterocycles. The van der Waals surface area contributed by atoms with Gasteiger partial charge in [0, 0.05) is 6.20 Å². The summed E-state index contributed by atoms with van der Waals surface area (Å²) in [6.07, 6.45) is 2.36. The third kappa shape index (κ3) is 2.61. The number of aliphatic carboxylic acids is 1. The van der Waals surface area contributed by atoms with Gasteiger partial charge < -0.3 is 10.4 Å². The molecule has 0 bridgehead atoms. The molecule has 6 nitrogen and oxygen atoms in total. The van der Waals surface area contributed by atoms with Crippen LogP contribution < -0.4 is 5.32 Å². The SMILES string of the molecule is CCc1nc2c(C)cccn2c1C(=O)NC(C)(C)C(=O)O. The van der Waals surface area contributed by atoms with Gasteiger partial charge in [-0.15, -0.1) is 0 Å². The topological polar surface area (TPSA) is 83.7 Å². The maximum atomic E-state index is 12.5. The van der Waals surface area contributed by atoms with E-state index in [-0.39, 0.29) is 0 Å². The first-order chi connectivity index (χ1) is 9.77. The summed E-state index contributed by atoms with van der Waals surface area (Å²) in [6.45, 7) is 6.74. The van der Waals surface area contributed by atoms with Gasteiger partial charge in [0.25, 0.3) is 5.91 Å². The molecule has 0 aliphatic rings. The minimum atomic E-state index is -1.34. The first kappa shape index (κ1) is 15.0. The van der Waals surface area contributed by atoms with Crippen molar-refractivity contribution in [3.05, 3.63) is 35.3 Å². The quantitative estimate of drug-likeness (QED) is 0.899. The van der Waals surface area contributed by atoms with Gasteiger partial charge in [-0.25, -0.2) is 9.78 Å². The Morgan fingerprint density at radius 3 is 2.67 bits per heavy atom. The zero-order chi connectivity index (χ0) is 15.8. The van der Waals surface area contributed by atoms with Crippen LogP contribution in [0.15, 0.2) is 18.3 Å². The zero-order valence-electron chi connectivity index (χ0n) is 12.6. The van der Waals surface area contributed by atoms with Gasteiger partial charge in [0.05, 0.1) is 5.69 Å². The number of fused-ring (bicyclic) bond motifs is 1. The van der Waals surface area contributed by atoms with E-state index in [1.54, 1.807) is 10.6 Å². The molecule has 21 heavy (non-hydrogen) atoms. The van der Waals surface area contributed by atoms with Crippen molar-refractivity contribution >= 4 is 17.5 Å². The fourth-order valence-corrected chi connectivity index (χ4v) is 2.13. The highest BCUT2D eigenvalue weighted by atomic mass is 16.4. The van der Waals surface area contributed by atoms with Gasteiger partial charge in [0.15, 0.2) is 0 Å². The molecule has 2 rings (SSSR count). The number of rotatable bonds is 4. The Hall–Kier alpha value is -2.37. The summed E-state index contributed by atoms with van der Waals surface area (Å²) in [5, 5.41) is 11.7. The molecular weight excluding hydrogens is 270 g/mol. The third-order valence-electron chi connectivity index (χ3n) is 3.43. The van der Waals surface area contributed by atoms with Crippen molar-refractivity contribution in [1.29, 1.82) is 0 Å². The van der Waals surface area contributed by atoms with Crippen LogP contribution in [0.3, 0.4) is 0 Å². The fourth-order valence-electron chi connectivity index (χ4n) is 2.13. The molecular formula is C15H19N3O3. The van der Waals surface area contributed by atoms with E-state index in [9.17, 15) is 9.59 Å². The monoisotopic (exact) mass is 289 g/mol. The number of hydrogen-bond acceptors (Lipinski definition) is 3. The molecule has 6 heteroatoms. The van der Waals surface area contributed by atoms with Gasteiger partial charge >= 0.3 is 5.97 Å². The fraction of sp³-hybridized carbons (Fsp3) is 0.400. The predicted molar refractivity (Wildman–Crippen MR) is 78.5 cm³/mol. The number of carbonyl (C=O) groups is 2. The minimum absolute atomic E-state index is 0.394. The molecule has 0 saturated heterocycles. The van der Waals surface area contributed by atoms with E-state index in [0.717, 1.165) is 5.56 Å². The summed E-state index contributed by atoms with van der Waals surface area (Å²) in [5.41, 5.74) is 1.39. The molecule has 0 unspecified atom stereocenters. The lowest BCUT2D eigenvalue weighted by molar-refractivity contribution is -0.143. The molecule has 0 aliphatic carbocycles. The van der Waals surface area contributed by atoms with Crippen molar-refractivity contribution in [3.8, 4) is 0 Å². The second-order valence-electron chi connectivity index (χ2n) is 5.53. The van der Waals surface area contributed by atoms with Gasteiger partial charge in [-0.1, -0.05) is 13.0 Å². The Bertz CT molecular complexity index is 716. The van der Waals surface area contributed by atoms with Crippen LogP contribution in [-0.2, 0) is 11.2 Å². The summed E-state index contributed by atoms with van der Waals surface area (Å²) < 4.78 is 1.71. The summed E-state index contributed by atoms with van der Waals surface area (Å²) >= 11 is 0. The molecule has 0 atom stereocenters. The van der Waals surface area contributed by atoms with Crippen LogP contribution in [0.1, 0.15) is 42.5 Å². The molecule has 0 radical (unpaired) electrons. The minimum Gasteiger partial charge on any atom is -0.480 e. The van der Waals surface area contributed by atoms with E-state index in [0.29, 0.717) is 23.5 Å². The van der Waals surface area contributed by atoms with Gasteiger partial charge in [-0.05, 0) is 38.8 Å². The normalized spacial score (nSPS) is 11.6. The van der Waals surface area contributed by atoms with Crippen molar-refractivity contribution in [2.45, 2.75) is 39.7 Å². The number of imidazole rings is 1. The van der Waals surface area contributed by atoms with Gasteiger partial charge in [-0.3, -0.25) is 9.20 Å². The van der Waals surface area contributed by atoms with Crippen LogP contribution in [0, 0.1) is 6.92 Å². The average Bonchev–Trinajstić information content (AvgIpc) is 2.78. The Morgan fingerprint density at radius 1 is 1.43 bits per heavy atom. The Kier molecular flexibility index (Phi) is 3.72. The smallest absolute Gasteiger partial charge is 0.328 e. The lowest BCUT2D eigenvalue weighted by atomic mass is 10.1. The van der Waals surface area contributed by atoms with E-state index in [2.05, 4.69) is 10.3 Å². The van der Waals surface area contributed by atoms with Crippen molar-refractivity contribution in [1.82, 2.24) is 14.7 Å². The van der Waals surface area contributed by atoms with Crippen LogP contribution in [0.4, 0.5) is 0 Å². The first-order valence-corrected chi connectivity index (χ1v) is 6.80. The van der Waals surface area contributed by atoms with Gasteiger partial charge in [-0.2, -0.15) is 0 Å². The number of pyridine rings is 1. The predicted octanol–water partition coefficient (Wildman–Crippen LogP) is 1.80. The number of amides is 1. The lowest BCUT2D eigenvalue weighted by Gasteiger charge is -2.21. The maximum absolute atomic E-state index is 12.5. The lowest BCUT2D eigenvalue weighted by Crippen LogP contribution is -2.50. The molecule has 0 aromatic carbocycles. The highest BCUT2D eigenvalue weighted by Gasteiger charge is 2.31. The molecule has 0 fully saturated rings. The van der Waals surface area contributed by atoms with E-state index in [4.69, 9.17) is 5.11 Å². The maximum Gasteiger partial charge on any atom is 0.328 e. The number of aryl methyl sites for hydroxylation is 2. The van der Waals surface area contributed by atoms with Crippen molar-refractivity contribution < 1.29 is 14.7 Å². The van der Waals surface area contributed by atoms with E-state index in [1.165, 1.54) is 13.8 Å². The van der Waals surface area contributed by atoms with Crippen LogP contribution >= 0.6 is 0 Å². The highest BCUT2D eigenvalue weighted by molar-refractivity contribution is 5.98. The van der Waals surface area contributed by atoms with E-state index in [1.807, 2.05) is 26.0 Å².